The maximum Gasteiger partial charge on any atom is 0.187 e. The van der Waals surface area contributed by atoms with Crippen LogP contribution < -0.4 is 14.4 Å². The number of anilines is 1. The second-order valence-electron chi connectivity index (χ2n) is 9.59. The summed E-state index contributed by atoms with van der Waals surface area (Å²) in [5.74, 6) is 1.54. The molecule has 204 valence electrons. The van der Waals surface area contributed by atoms with Crippen molar-refractivity contribution in [3.8, 4) is 11.5 Å². The van der Waals surface area contributed by atoms with E-state index in [1.807, 2.05) is 48.5 Å². The van der Waals surface area contributed by atoms with Gasteiger partial charge in [-0.3, -0.25) is 4.90 Å². The molecule has 40 heavy (non-hydrogen) atoms. The first kappa shape index (κ1) is 28.1. The second kappa shape index (κ2) is 12.8. The van der Waals surface area contributed by atoms with Crippen molar-refractivity contribution in [3.63, 3.8) is 0 Å². The summed E-state index contributed by atoms with van der Waals surface area (Å²) in [6.07, 6.45) is 0. The maximum atomic E-state index is 7.24. The molecule has 8 heteroatoms. The highest BCUT2D eigenvalue weighted by Crippen LogP contribution is 2.40. The summed E-state index contributed by atoms with van der Waals surface area (Å²) in [5.41, 5.74) is 3.78. The summed E-state index contributed by atoms with van der Waals surface area (Å²) in [7, 11) is 1.67. The van der Waals surface area contributed by atoms with Crippen molar-refractivity contribution in [2.75, 3.05) is 31.7 Å². The normalized spacial score (nSPS) is 17.3. The second-order valence-corrected chi connectivity index (χ2v) is 10.9. The minimum Gasteiger partial charge on any atom is -0.497 e. The Labute approximate surface area is 250 Å². The third kappa shape index (κ3) is 6.49. The van der Waals surface area contributed by atoms with Crippen LogP contribution in [0.15, 0.2) is 91.0 Å². The Morgan fingerprint density at radius 3 is 2.15 bits per heavy atom. The first-order chi connectivity index (χ1) is 19.4. The Morgan fingerprint density at radius 1 is 0.825 bits per heavy atom. The Kier molecular flexibility index (Phi) is 9.04. The summed E-state index contributed by atoms with van der Waals surface area (Å²) in [5, 5.41) is 1.88. The van der Waals surface area contributed by atoms with E-state index in [4.69, 9.17) is 50.8 Å². The van der Waals surface area contributed by atoms with Crippen LogP contribution in [0.2, 0.25) is 15.1 Å². The van der Waals surface area contributed by atoms with Crippen molar-refractivity contribution in [3.05, 3.63) is 129 Å². The van der Waals surface area contributed by atoms with Crippen LogP contribution in [0.5, 0.6) is 11.5 Å². The molecular formula is C32H28Cl3N3O2. The fourth-order valence-corrected chi connectivity index (χ4v) is 5.79. The van der Waals surface area contributed by atoms with Gasteiger partial charge in [0, 0.05) is 29.7 Å². The molecule has 0 unspecified atom stereocenters. The van der Waals surface area contributed by atoms with Gasteiger partial charge in [0.15, 0.2) is 5.69 Å². The molecule has 0 aliphatic carbocycles. The van der Waals surface area contributed by atoms with Crippen LogP contribution in [0.3, 0.4) is 0 Å². The molecule has 1 aliphatic rings. The Balaban J connectivity index is 1.53. The van der Waals surface area contributed by atoms with Crippen molar-refractivity contribution in [1.82, 2.24) is 4.90 Å². The van der Waals surface area contributed by atoms with Crippen molar-refractivity contribution >= 4 is 46.2 Å². The largest absolute Gasteiger partial charge is 0.497 e. The molecule has 1 saturated heterocycles. The van der Waals surface area contributed by atoms with E-state index < -0.39 is 0 Å². The predicted molar refractivity (Wildman–Crippen MR) is 163 cm³/mol. The van der Waals surface area contributed by atoms with Gasteiger partial charge in [0.25, 0.3) is 0 Å². The van der Waals surface area contributed by atoms with Crippen LogP contribution in [0.1, 0.15) is 17.2 Å². The summed E-state index contributed by atoms with van der Waals surface area (Å²) < 4.78 is 11.7. The minimum atomic E-state index is -0.0922. The zero-order chi connectivity index (χ0) is 28.1. The van der Waals surface area contributed by atoms with E-state index in [2.05, 4.69) is 38.9 Å². The molecule has 5 nitrogen and oxygen atoms in total. The number of nitrogens with zero attached hydrogens (tertiary/aromatic N) is 3. The molecule has 0 amide bonds. The number of rotatable bonds is 8. The zero-order valence-corrected chi connectivity index (χ0v) is 24.2. The SMILES string of the molecule is [C-]#[N+]c1ccc(OC[C@@H]2[C@H](c3ccc(Cl)cc3)N(c3ccc(Cl)cc3Cl)CCN2Cc2ccc(OC)cc2)cc1. The Bertz CT molecular complexity index is 1470. The van der Waals surface area contributed by atoms with Crippen LogP contribution in [0.4, 0.5) is 11.4 Å². The molecule has 0 saturated carbocycles. The topological polar surface area (TPSA) is 29.3 Å². The molecular weight excluding hydrogens is 565 g/mol. The van der Waals surface area contributed by atoms with Crippen molar-refractivity contribution in [1.29, 1.82) is 0 Å². The lowest BCUT2D eigenvalue weighted by Crippen LogP contribution is -2.57. The lowest BCUT2D eigenvalue weighted by molar-refractivity contribution is 0.0848. The first-order valence-corrected chi connectivity index (χ1v) is 14.0. The smallest absolute Gasteiger partial charge is 0.187 e. The lowest BCUT2D eigenvalue weighted by Gasteiger charge is -2.49. The Morgan fingerprint density at radius 2 is 1.50 bits per heavy atom. The lowest BCUT2D eigenvalue weighted by atomic mass is 9.93. The van der Waals surface area contributed by atoms with Crippen LogP contribution in [0.25, 0.3) is 4.85 Å². The summed E-state index contributed by atoms with van der Waals surface area (Å²) in [6.45, 7) is 9.94. The summed E-state index contributed by atoms with van der Waals surface area (Å²) in [6, 6.07) is 28.9. The van der Waals surface area contributed by atoms with Gasteiger partial charge in [0.1, 0.15) is 18.1 Å². The number of halogens is 3. The standard InChI is InChI=1S/C32H28Cl3N3O2/c1-36-26-10-14-28(15-11-26)40-21-31-32(23-5-7-24(33)8-6-23)38(30-16-9-25(34)19-29(30)35)18-17-37(31)20-22-3-12-27(39-2)13-4-22/h3-16,19,31-32H,17-18,20-21H2,2H3/t31-,32+/m1/s1. The van der Waals surface area contributed by atoms with Crippen LogP contribution in [0, 0.1) is 6.57 Å². The number of hydrogen-bond acceptors (Lipinski definition) is 4. The molecule has 1 fully saturated rings. The number of hydrogen-bond donors (Lipinski definition) is 0. The van der Waals surface area contributed by atoms with Crippen LogP contribution >= 0.6 is 34.8 Å². The average molecular weight is 593 g/mol. The van der Waals surface area contributed by atoms with E-state index in [0.717, 1.165) is 36.6 Å². The maximum absolute atomic E-state index is 7.24. The molecule has 0 N–H and O–H groups in total. The summed E-state index contributed by atoms with van der Waals surface area (Å²) >= 11 is 19.3. The number of methoxy groups -OCH3 is 1. The average Bonchev–Trinajstić information content (AvgIpc) is 2.97. The molecule has 0 radical (unpaired) electrons. The third-order valence-electron chi connectivity index (χ3n) is 7.16. The van der Waals surface area contributed by atoms with E-state index in [9.17, 15) is 0 Å². The van der Waals surface area contributed by atoms with Gasteiger partial charge >= 0.3 is 0 Å². The van der Waals surface area contributed by atoms with Gasteiger partial charge in [0.2, 0.25) is 0 Å². The van der Waals surface area contributed by atoms with E-state index in [0.29, 0.717) is 33.1 Å². The number of ether oxygens (including phenoxy) is 2. The van der Waals surface area contributed by atoms with E-state index in [1.165, 1.54) is 5.56 Å². The van der Waals surface area contributed by atoms with Gasteiger partial charge in [-0.15, -0.1) is 0 Å². The highest BCUT2D eigenvalue weighted by Gasteiger charge is 2.39. The quantitative estimate of drug-likeness (QED) is 0.191. The Hall–Kier alpha value is -3.40. The van der Waals surface area contributed by atoms with Crippen LogP contribution in [-0.4, -0.2) is 37.7 Å². The number of piperazine rings is 1. The molecule has 0 bridgehead atoms. The van der Waals surface area contributed by atoms with E-state index >= 15 is 0 Å². The van der Waals surface area contributed by atoms with Crippen molar-refractivity contribution in [2.45, 2.75) is 18.6 Å². The number of benzene rings is 4. The molecule has 1 heterocycles. The van der Waals surface area contributed by atoms with Crippen molar-refractivity contribution < 1.29 is 9.47 Å². The van der Waals surface area contributed by atoms with Gasteiger partial charge in [-0.2, -0.15) is 0 Å². The molecule has 4 aromatic carbocycles. The summed E-state index contributed by atoms with van der Waals surface area (Å²) in [4.78, 5) is 8.28. The fourth-order valence-electron chi connectivity index (χ4n) is 5.15. The molecule has 0 aromatic heterocycles. The van der Waals surface area contributed by atoms with E-state index in [1.54, 1.807) is 25.3 Å². The van der Waals surface area contributed by atoms with E-state index in [-0.39, 0.29) is 12.1 Å². The molecule has 4 aromatic rings. The zero-order valence-electron chi connectivity index (χ0n) is 21.9. The molecule has 1 aliphatic heterocycles. The monoisotopic (exact) mass is 591 g/mol. The molecule has 5 rings (SSSR count). The van der Waals surface area contributed by atoms with Gasteiger partial charge < -0.3 is 14.4 Å². The van der Waals surface area contributed by atoms with Gasteiger partial charge in [-0.05, 0) is 65.7 Å². The fraction of sp³-hybridized carbons (Fsp3) is 0.219. The van der Waals surface area contributed by atoms with Crippen molar-refractivity contribution in [2.24, 2.45) is 0 Å². The van der Waals surface area contributed by atoms with Gasteiger partial charge in [-0.25, -0.2) is 4.85 Å². The first-order valence-electron chi connectivity index (χ1n) is 12.9. The van der Waals surface area contributed by atoms with Gasteiger partial charge in [0.05, 0.1) is 36.5 Å². The minimum absolute atomic E-state index is 0.0516. The molecule has 2 atom stereocenters. The highest BCUT2D eigenvalue weighted by molar-refractivity contribution is 6.36. The third-order valence-corrected chi connectivity index (χ3v) is 7.95. The highest BCUT2D eigenvalue weighted by atomic mass is 35.5. The molecule has 0 spiro atoms. The van der Waals surface area contributed by atoms with Gasteiger partial charge in [-0.1, -0.05) is 71.2 Å². The predicted octanol–water partition coefficient (Wildman–Crippen LogP) is 8.72. The van der Waals surface area contributed by atoms with Crippen LogP contribution in [-0.2, 0) is 6.54 Å².